The Bertz CT molecular complexity index is 919. The number of hydrogen-bond donors (Lipinski definition) is 4. The maximum atomic E-state index is 10.2. The van der Waals surface area contributed by atoms with Crippen LogP contribution in [0, 0.1) is 0 Å². The summed E-state index contributed by atoms with van der Waals surface area (Å²) in [6.45, 7) is 0.340. The maximum Gasteiger partial charge on any atom is 0.167 e. The predicted octanol–water partition coefficient (Wildman–Crippen LogP) is 0.482. The summed E-state index contributed by atoms with van der Waals surface area (Å²) in [5, 5.41) is 32.8. The van der Waals surface area contributed by atoms with E-state index in [1.54, 1.807) is 4.57 Å². The van der Waals surface area contributed by atoms with Crippen LogP contribution in [0.2, 0.25) is 0 Å². The van der Waals surface area contributed by atoms with Crippen LogP contribution in [0.5, 0.6) is 0 Å². The summed E-state index contributed by atoms with van der Waals surface area (Å²) in [5.41, 5.74) is 2.32. The Balaban J connectivity index is 1.46. The molecular formula is C19H23N5O4. The molecule has 9 nitrogen and oxygen atoms in total. The Labute approximate surface area is 161 Å². The zero-order valence-corrected chi connectivity index (χ0v) is 15.2. The number of nitrogens with zero attached hydrogens (tertiary/aromatic N) is 4. The molecule has 4 N–H and O–H groups in total. The van der Waals surface area contributed by atoms with E-state index in [1.807, 2.05) is 18.2 Å². The zero-order chi connectivity index (χ0) is 19.5. The summed E-state index contributed by atoms with van der Waals surface area (Å²) < 4.78 is 7.12. The molecule has 0 saturated carbocycles. The van der Waals surface area contributed by atoms with Crippen molar-refractivity contribution in [2.75, 3.05) is 18.5 Å². The van der Waals surface area contributed by atoms with Crippen LogP contribution >= 0.6 is 0 Å². The first-order valence-corrected chi connectivity index (χ1v) is 9.27. The number of aryl methyl sites for hydroxylation is 1. The molecule has 1 unspecified atom stereocenters. The third-order valence-electron chi connectivity index (χ3n) is 4.93. The van der Waals surface area contributed by atoms with Gasteiger partial charge in [0.05, 0.1) is 12.9 Å². The fraction of sp³-hybridized carbons (Fsp3) is 0.421. The SMILES string of the molecule is OC[C@H]1OC(n2cnc3c(NCCCc4ccccc4)ncnc32)[C@H](O)[C@@H]1O. The number of aliphatic hydroxyl groups excluding tert-OH is 3. The number of nitrogens with one attached hydrogen (secondary N) is 1. The van der Waals surface area contributed by atoms with E-state index in [0.717, 1.165) is 19.4 Å². The van der Waals surface area contributed by atoms with Gasteiger partial charge in [0, 0.05) is 6.54 Å². The Morgan fingerprint density at radius 3 is 2.64 bits per heavy atom. The third-order valence-corrected chi connectivity index (χ3v) is 4.93. The molecule has 0 bridgehead atoms. The highest BCUT2D eigenvalue weighted by atomic mass is 16.6. The molecular weight excluding hydrogens is 362 g/mol. The van der Waals surface area contributed by atoms with E-state index < -0.39 is 24.5 Å². The van der Waals surface area contributed by atoms with Gasteiger partial charge in [-0.15, -0.1) is 0 Å². The average molecular weight is 385 g/mol. The molecule has 0 aliphatic carbocycles. The first-order chi connectivity index (χ1) is 13.7. The van der Waals surface area contributed by atoms with Crippen molar-refractivity contribution in [1.82, 2.24) is 19.5 Å². The van der Waals surface area contributed by atoms with Gasteiger partial charge in [-0.25, -0.2) is 15.0 Å². The van der Waals surface area contributed by atoms with Crippen molar-refractivity contribution in [3.8, 4) is 0 Å². The molecule has 3 aromatic rings. The van der Waals surface area contributed by atoms with Gasteiger partial charge in [0.15, 0.2) is 23.2 Å². The number of aromatic nitrogens is 4. The summed E-state index contributed by atoms with van der Waals surface area (Å²) in [4.78, 5) is 12.9. The van der Waals surface area contributed by atoms with Gasteiger partial charge in [0.1, 0.15) is 24.6 Å². The lowest BCUT2D eigenvalue weighted by molar-refractivity contribution is -0.0511. The van der Waals surface area contributed by atoms with Crippen LogP contribution in [-0.2, 0) is 11.2 Å². The van der Waals surface area contributed by atoms with Crippen molar-refractivity contribution in [3.63, 3.8) is 0 Å². The summed E-state index contributed by atoms with van der Waals surface area (Å²) in [6.07, 6.45) is 0.713. The quantitative estimate of drug-likeness (QED) is 0.433. The van der Waals surface area contributed by atoms with Gasteiger partial charge in [-0.05, 0) is 18.4 Å². The lowest BCUT2D eigenvalue weighted by Gasteiger charge is -2.16. The fourth-order valence-corrected chi connectivity index (χ4v) is 3.42. The Morgan fingerprint density at radius 1 is 1.07 bits per heavy atom. The van der Waals surface area contributed by atoms with Crippen molar-refractivity contribution in [3.05, 3.63) is 48.5 Å². The first-order valence-electron chi connectivity index (χ1n) is 9.27. The van der Waals surface area contributed by atoms with Gasteiger partial charge in [-0.3, -0.25) is 4.57 Å². The number of aliphatic hydroxyl groups is 3. The summed E-state index contributed by atoms with van der Waals surface area (Å²) in [5.74, 6) is 0.601. The molecule has 0 spiro atoms. The number of anilines is 1. The second kappa shape index (κ2) is 8.19. The van der Waals surface area contributed by atoms with Crippen molar-refractivity contribution >= 4 is 17.0 Å². The highest BCUT2D eigenvalue weighted by Gasteiger charge is 2.44. The highest BCUT2D eigenvalue weighted by Crippen LogP contribution is 2.32. The molecule has 0 amide bonds. The van der Waals surface area contributed by atoms with Gasteiger partial charge < -0.3 is 25.4 Å². The van der Waals surface area contributed by atoms with E-state index >= 15 is 0 Å². The summed E-state index contributed by atoms with van der Waals surface area (Å²) in [7, 11) is 0. The molecule has 3 heterocycles. The molecule has 1 aliphatic rings. The molecule has 9 heteroatoms. The Hall–Kier alpha value is -2.59. The van der Waals surface area contributed by atoms with Gasteiger partial charge in [-0.2, -0.15) is 0 Å². The smallest absolute Gasteiger partial charge is 0.167 e. The second-order valence-electron chi connectivity index (χ2n) is 6.79. The van der Waals surface area contributed by atoms with Gasteiger partial charge >= 0.3 is 0 Å². The minimum Gasteiger partial charge on any atom is -0.394 e. The largest absolute Gasteiger partial charge is 0.394 e. The number of benzene rings is 1. The maximum absolute atomic E-state index is 10.2. The average Bonchev–Trinajstić information content (AvgIpc) is 3.28. The van der Waals surface area contributed by atoms with Gasteiger partial charge in [0.2, 0.25) is 0 Å². The van der Waals surface area contributed by atoms with Crippen LogP contribution in [0.3, 0.4) is 0 Å². The van der Waals surface area contributed by atoms with E-state index in [2.05, 4.69) is 32.4 Å². The molecule has 4 rings (SSSR count). The number of ether oxygens (including phenoxy) is 1. The molecule has 4 atom stereocenters. The van der Waals surface area contributed by atoms with E-state index in [4.69, 9.17) is 4.74 Å². The molecule has 2 aromatic heterocycles. The lowest BCUT2D eigenvalue weighted by Crippen LogP contribution is -2.33. The molecule has 1 aromatic carbocycles. The predicted molar refractivity (Wildman–Crippen MR) is 102 cm³/mol. The second-order valence-corrected chi connectivity index (χ2v) is 6.79. The minimum absolute atomic E-state index is 0.384. The Morgan fingerprint density at radius 2 is 1.89 bits per heavy atom. The molecule has 1 saturated heterocycles. The van der Waals surface area contributed by atoms with Crippen LogP contribution in [0.25, 0.3) is 11.2 Å². The highest BCUT2D eigenvalue weighted by molar-refractivity contribution is 5.82. The van der Waals surface area contributed by atoms with Crippen LogP contribution in [0.4, 0.5) is 5.82 Å². The van der Waals surface area contributed by atoms with Crippen molar-refractivity contribution in [2.45, 2.75) is 37.4 Å². The molecule has 1 aliphatic heterocycles. The number of hydrogen-bond acceptors (Lipinski definition) is 8. The topological polar surface area (TPSA) is 126 Å². The number of rotatable bonds is 7. The van der Waals surface area contributed by atoms with Crippen molar-refractivity contribution < 1.29 is 20.1 Å². The van der Waals surface area contributed by atoms with E-state index in [9.17, 15) is 15.3 Å². The number of fused-ring (bicyclic) bond motifs is 1. The minimum atomic E-state index is -1.19. The molecule has 1 fully saturated rings. The lowest BCUT2D eigenvalue weighted by atomic mass is 10.1. The standard InChI is InChI=1S/C19H23N5O4/c25-9-13-15(26)16(27)19(28-13)24-11-23-14-17(21-10-22-18(14)24)20-8-4-7-12-5-2-1-3-6-12/h1-3,5-6,10-11,13,15-16,19,25-27H,4,7-9H2,(H,20,21,22)/t13-,15-,16-,19?/m1/s1. The van der Waals surface area contributed by atoms with Gasteiger partial charge in [-0.1, -0.05) is 30.3 Å². The molecule has 0 radical (unpaired) electrons. The van der Waals surface area contributed by atoms with Crippen LogP contribution in [0.1, 0.15) is 18.2 Å². The molecule has 148 valence electrons. The van der Waals surface area contributed by atoms with E-state index in [0.29, 0.717) is 17.0 Å². The van der Waals surface area contributed by atoms with Crippen molar-refractivity contribution in [2.24, 2.45) is 0 Å². The normalized spacial score (nSPS) is 24.7. The number of imidazole rings is 1. The third kappa shape index (κ3) is 3.57. The molecule has 28 heavy (non-hydrogen) atoms. The van der Waals surface area contributed by atoms with Crippen LogP contribution < -0.4 is 5.32 Å². The van der Waals surface area contributed by atoms with Crippen LogP contribution in [0.15, 0.2) is 43.0 Å². The monoisotopic (exact) mass is 385 g/mol. The first kappa shape index (κ1) is 18.8. The zero-order valence-electron chi connectivity index (χ0n) is 15.2. The van der Waals surface area contributed by atoms with Crippen molar-refractivity contribution in [1.29, 1.82) is 0 Å². The summed E-state index contributed by atoms with van der Waals surface area (Å²) >= 11 is 0. The van der Waals surface area contributed by atoms with Crippen LogP contribution in [-0.4, -0.2) is 66.3 Å². The van der Waals surface area contributed by atoms with E-state index in [1.165, 1.54) is 18.2 Å². The van der Waals surface area contributed by atoms with E-state index in [-0.39, 0.29) is 6.61 Å². The van der Waals surface area contributed by atoms with Gasteiger partial charge in [0.25, 0.3) is 0 Å². The summed E-state index contributed by atoms with van der Waals surface area (Å²) in [6, 6.07) is 10.3. The Kier molecular flexibility index (Phi) is 5.49. The fourth-order valence-electron chi connectivity index (χ4n) is 3.42.